The highest BCUT2D eigenvalue weighted by atomic mass is 16.4. The molecule has 5 heteroatoms. The lowest BCUT2D eigenvalue weighted by atomic mass is 10.1. The molecule has 2 heterocycles. The van der Waals surface area contributed by atoms with Gasteiger partial charge < -0.3 is 10.2 Å². The lowest BCUT2D eigenvalue weighted by Gasteiger charge is -1.97. The molecule has 0 aliphatic rings. The third kappa shape index (κ3) is 2.04. The van der Waals surface area contributed by atoms with E-state index >= 15 is 0 Å². The monoisotopic (exact) mass is 276 g/mol. The summed E-state index contributed by atoms with van der Waals surface area (Å²) in [5, 5.41) is 4.31. The number of nitrogens with two attached hydrogens (primary N) is 1. The molecule has 0 amide bonds. The van der Waals surface area contributed by atoms with E-state index in [1.54, 1.807) is 10.9 Å². The smallest absolute Gasteiger partial charge is 0.323 e. The van der Waals surface area contributed by atoms with Crippen LogP contribution < -0.4 is 5.73 Å². The highest BCUT2D eigenvalue weighted by molar-refractivity contribution is 5.73. The van der Waals surface area contributed by atoms with Gasteiger partial charge >= 0.3 is 6.01 Å². The standard InChI is InChI=1S/C16H12N4O/c17-13-5-3-4-11(8-13)12-9-18-20(10-12)16-19-14-6-1-2-7-15(14)21-16/h1-10H,17H2. The van der Waals surface area contributed by atoms with Crippen molar-refractivity contribution in [2.24, 2.45) is 0 Å². The maximum atomic E-state index is 5.81. The lowest BCUT2D eigenvalue weighted by Crippen LogP contribution is -1.93. The second-order valence-corrected chi connectivity index (χ2v) is 4.76. The van der Waals surface area contributed by atoms with Gasteiger partial charge in [-0.1, -0.05) is 24.3 Å². The molecule has 0 atom stereocenters. The third-order valence-electron chi connectivity index (χ3n) is 3.28. The van der Waals surface area contributed by atoms with Crippen LogP contribution in [0.15, 0.2) is 65.3 Å². The van der Waals surface area contributed by atoms with Gasteiger partial charge in [-0.05, 0) is 29.8 Å². The number of oxazole rings is 1. The van der Waals surface area contributed by atoms with Crippen molar-refractivity contribution in [2.45, 2.75) is 0 Å². The second kappa shape index (κ2) is 4.49. The summed E-state index contributed by atoms with van der Waals surface area (Å²) in [6, 6.07) is 15.8. The van der Waals surface area contributed by atoms with Crippen LogP contribution in [0.1, 0.15) is 0 Å². The van der Waals surface area contributed by atoms with Crippen molar-refractivity contribution >= 4 is 16.8 Å². The Kier molecular flexibility index (Phi) is 2.50. The molecular formula is C16H12N4O. The van der Waals surface area contributed by atoms with Gasteiger partial charge in [0.2, 0.25) is 0 Å². The number of rotatable bonds is 2. The molecule has 4 rings (SSSR count). The van der Waals surface area contributed by atoms with Crippen molar-refractivity contribution in [1.29, 1.82) is 0 Å². The zero-order valence-electron chi connectivity index (χ0n) is 11.1. The minimum absolute atomic E-state index is 0.450. The zero-order chi connectivity index (χ0) is 14.2. The van der Waals surface area contributed by atoms with E-state index in [0.717, 1.165) is 27.9 Å². The van der Waals surface area contributed by atoms with Gasteiger partial charge in [0, 0.05) is 17.4 Å². The SMILES string of the molecule is Nc1cccc(-c2cnn(-c3nc4ccccc4o3)c2)c1. The zero-order valence-corrected chi connectivity index (χ0v) is 11.1. The first-order valence-corrected chi connectivity index (χ1v) is 6.56. The van der Waals surface area contributed by atoms with Crippen molar-refractivity contribution in [3.8, 4) is 17.1 Å². The molecule has 21 heavy (non-hydrogen) atoms. The van der Waals surface area contributed by atoms with Crippen LogP contribution in [-0.2, 0) is 0 Å². The number of hydrogen-bond acceptors (Lipinski definition) is 4. The van der Waals surface area contributed by atoms with Crippen molar-refractivity contribution in [1.82, 2.24) is 14.8 Å². The fraction of sp³-hybridized carbons (Fsp3) is 0. The quantitative estimate of drug-likeness (QED) is 0.570. The van der Waals surface area contributed by atoms with E-state index in [2.05, 4.69) is 10.1 Å². The second-order valence-electron chi connectivity index (χ2n) is 4.76. The summed E-state index contributed by atoms with van der Waals surface area (Å²) in [6.07, 6.45) is 3.64. The van der Waals surface area contributed by atoms with E-state index in [0.29, 0.717) is 6.01 Å². The number of nitrogen functional groups attached to an aromatic ring is 1. The minimum atomic E-state index is 0.450. The van der Waals surface area contributed by atoms with Crippen LogP contribution >= 0.6 is 0 Å². The third-order valence-corrected chi connectivity index (χ3v) is 3.28. The first-order chi connectivity index (χ1) is 10.3. The van der Waals surface area contributed by atoms with Crippen molar-refractivity contribution in [3.05, 3.63) is 60.9 Å². The largest absolute Gasteiger partial charge is 0.422 e. The molecular weight excluding hydrogens is 264 g/mol. The molecule has 0 radical (unpaired) electrons. The fourth-order valence-corrected chi connectivity index (χ4v) is 2.25. The Hall–Kier alpha value is -3.08. The van der Waals surface area contributed by atoms with Crippen molar-refractivity contribution in [3.63, 3.8) is 0 Å². The van der Waals surface area contributed by atoms with Crippen LogP contribution in [0.25, 0.3) is 28.2 Å². The maximum absolute atomic E-state index is 5.81. The Bertz CT molecular complexity index is 890. The number of fused-ring (bicyclic) bond motifs is 1. The molecule has 4 aromatic rings. The summed E-state index contributed by atoms with van der Waals surface area (Å²) < 4.78 is 7.32. The van der Waals surface area contributed by atoms with Crippen LogP contribution in [0.3, 0.4) is 0 Å². The van der Waals surface area contributed by atoms with E-state index in [-0.39, 0.29) is 0 Å². The maximum Gasteiger partial charge on any atom is 0.323 e. The van der Waals surface area contributed by atoms with Crippen LogP contribution in [0, 0.1) is 0 Å². The Balaban J connectivity index is 1.77. The fourth-order valence-electron chi connectivity index (χ4n) is 2.25. The Labute approximate surface area is 120 Å². The summed E-state index contributed by atoms with van der Waals surface area (Å²) >= 11 is 0. The normalized spacial score (nSPS) is 11.0. The summed E-state index contributed by atoms with van der Waals surface area (Å²) in [4.78, 5) is 4.42. The summed E-state index contributed by atoms with van der Waals surface area (Å²) in [7, 11) is 0. The lowest BCUT2D eigenvalue weighted by molar-refractivity contribution is 0.543. The summed E-state index contributed by atoms with van der Waals surface area (Å²) in [5.74, 6) is 0. The first-order valence-electron chi connectivity index (χ1n) is 6.56. The molecule has 0 aliphatic carbocycles. The minimum Gasteiger partial charge on any atom is -0.422 e. The molecule has 2 aromatic carbocycles. The number of nitrogens with zero attached hydrogens (tertiary/aromatic N) is 3. The number of aromatic nitrogens is 3. The van der Waals surface area contributed by atoms with Crippen molar-refractivity contribution < 1.29 is 4.42 Å². The van der Waals surface area contributed by atoms with Gasteiger partial charge in [-0.3, -0.25) is 0 Å². The molecule has 0 aliphatic heterocycles. The number of benzene rings is 2. The number of hydrogen-bond donors (Lipinski definition) is 1. The van der Waals surface area contributed by atoms with E-state index in [1.165, 1.54) is 0 Å². The topological polar surface area (TPSA) is 69.9 Å². The molecule has 0 saturated heterocycles. The molecule has 102 valence electrons. The Morgan fingerprint density at radius 2 is 1.90 bits per heavy atom. The van der Waals surface area contributed by atoms with E-state index in [1.807, 2.05) is 54.7 Å². The van der Waals surface area contributed by atoms with Gasteiger partial charge in [0.15, 0.2) is 5.58 Å². The average Bonchev–Trinajstić information content (AvgIpc) is 3.14. The van der Waals surface area contributed by atoms with Crippen LogP contribution in [0.4, 0.5) is 5.69 Å². The van der Waals surface area contributed by atoms with Crippen LogP contribution in [-0.4, -0.2) is 14.8 Å². The van der Waals surface area contributed by atoms with Crippen LogP contribution in [0.2, 0.25) is 0 Å². The van der Waals surface area contributed by atoms with Gasteiger partial charge in [0.05, 0.1) is 6.20 Å². The van der Waals surface area contributed by atoms with E-state index in [4.69, 9.17) is 10.2 Å². The van der Waals surface area contributed by atoms with Gasteiger partial charge in [0.25, 0.3) is 0 Å². The predicted octanol–water partition coefficient (Wildman–Crippen LogP) is 3.26. The average molecular weight is 276 g/mol. The highest BCUT2D eigenvalue weighted by Gasteiger charge is 2.09. The van der Waals surface area contributed by atoms with Gasteiger partial charge in [-0.15, -0.1) is 0 Å². The first kappa shape index (κ1) is 11.7. The number of anilines is 1. The van der Waals surface area contributed by atoms with E-state index in [9.17, 15) is 0 Å². The van der Waals surface area contributed by atoms with Crippen LogP contribution in [0.5, 0.6) is 0 Å². The molecule has 0 bridgehead atoms. The highest BCUT2D eigenvalue weighted by Crippen LogP contribution is 2.23. The molecule has 2 N–H and O–H groups in total. The van der Waals surface area contributed by atoms with E-state index < -0.39 is 0 Å². The Morgan fingerprint density at radius 1 is 1.00 bits per heavy atom. The Morgan fingerprint density at radius 3 is 2.76 bits per heavy atom. The summed E-state index contributed by atoms with van der Waals surface area (Å²) in [5.41, 5.74) is 10.1. The molecule has 0 unspecified atom stereocenters. The van der Waals surface area contributed by atoms with Gasteiger partial charge in [0.1, 0.15) is 5.52 Å². The molecule has 5 nitrogen and oxygen atoms in total. The molecule has 0 saturated carbocycles. The van der Waals surface area contributed by atoms with Crippen molar-refractivity contribution in [2.75, 3.05) is 5.73 Å². The predicted molar refractivity (Wildman–Crippen MR) is 81.0 cm³/mol. The van der Waals surface area contributed by atoms with Gasteiger partial charge in [-0.25, -0.2) is 0 Å². The van der Waals surface area contributed by atoms with Gasteiger partial charge in [-0.2, -0.15) is 14.8 Å². The molecule has 0 fully saturated rings. The summed E-state index contributed by atoms with van der Waals surface area (Å²) in [6.45, 7) is 0. The number of para-hydroxylation sites is 2. The molecule has 2 aromatic heterocycles. The molecule has 0 spiro atoms.